The van der Waals surface area contributed by atoms with Gasteiger partial charge in [0.15, 0.2) is 0 Å². The predicted molar refractivity (Wildman–Crippen MR) is 83.7 cm³/mol. The average molecular weight is 328 g/mol. The Balaban J connectivity index is 0.00000176. The molecule has 0 aromatic carbocycles. The van der Waals surface area contributed by atoms with Crippen molar-refractivity contribution in [1.29, 1.82) is 0 Å². The number of carbonyl (C=O) groups is 2. The molecule has 1 saturated heterocycles. The second-order valence-corrected chi connectivity index (χ2v) is 6.12. The normalized spacial score (nSPS) is 27.9. The van der Waals surface area contributed by atoms with Crippen LogP contribution in [0.3, 0.4) is 0 Å². The van der Waals surface area contributed by atoms with Gasteiger partial charge in [0.2, 0.25) is 5.91 Å². The third-order valence-electron chi connectivity index (χ3n) is 4.73. The fraction of sp³-hybridized carbons (Fsp3) is 0.600. The second-order valence-electron chi connectivity index (χ2n) is 6.12. The summed E-state index contributed by atoms with van der Waals surface area (Å²) in [5.74, 6) is 0.626. The first kappa shape index (κ1) is 16.8. The highest BCUT2D eigenvalue weighted by Gasteiger charge is 2.43. The maximum atomic E-state index is 12.4. The first-order valence-corrected chi connectivity index (χ1v) is 7.43. The number of fused-ring (bicyclic) bond motifs is 1. The molecule has 122 valence electrons. The number of nitrogens with zero attached hydrogens (tertiary/aromatic N) is 1. The lowest BCUT2D eigenvalue weighted by molar-refractivity contribution is -0.132. The van der Waals surface area contributed by atoms with Gasteiger partial charge in [0.05, 0.1) is 11.8 Å². The van der Waals surface area contributed by atoms with Crippen molar-refractivity contribution in [1.82, 2.24) is 10.2 Å². The number of carbonyl (C=O) groups excluding carboxylic acids is 2. The minimum absolute atomic E-state index is 0. The number of furan rings is 1. The minimum Gasteiger partial charge on any atom is -0.472 e. The maximum Gasteiger partial charge on any atom is 0.255 e. The summed E-state index contributed by atoms with van der Waals surface area (Å²) in [6.07, 6.45) is 4.96. The summed E-state index contributed by atoms with van der Waals surface area (Å²) in [7, 11) is 0. The summed E-state index contributed by atoms with van der Waals surface area (Å²) in [6.45, 7) is 3.20. The van der Waals surface area contributed by atoms with Crippen molar-refractivity contribution in [2.75, 3.05) is 13.1 Å². The maximum absolute atomic E-state index is 12.4. The lowest BCUT2D eigenvalue weighted by atomic mass is 9.98. The quantitative estimate of drug-likeness (QED) is 0.867. The highest BCUT2D eigenvalue weighted by Crippen LogP contribution is 2.37. The lowest BCUT2D eigenvalue weighted by Gasteiger charge is -2.23. The van der Waals surface area contributed by atoms with Crippen LogP contribution >= 0.6 is 12.4 Å². The Hall–Kier alpha value is -1.53. The van der Waals surface area contributed by atoms with Crippen LogP contribution in [0.4, 0.5) is 0 Å². The molecule has 2 aliphatic rings. The van der Waals surface area contributed by atoms with E-state index in [1.54, 1.807) is 13.0 Å². The topological polar surface area (TPSA) is 88.6 Å². The first-order chi connectivity index (χ1) is 10.1. The number of amides is 2. The van der Waals surface area contributed by atoms with Crippen LogP contribution in [-0.4, -0.2) is 41.9 Å². The summed E-state index contributed by atoms with van der Waals surface area (Å²) < 4.78 is 4.87. The molecular formula is C15H22ClN3O3. The monoisotopic (exact) mass is 327 g/mol. The largest absolute Gasteiger partial charge is 0.472 e. The molecule has 3 N–H and O–H groups in total. The Morgan fingerprint density at radius 1 is 1.41 bits per heavy atom. The van der Waals surface area contributed by atoms with E-state index in [2.05, 4.69) is 5.32 Å². The number of nitrogens with two attached hydrogens (primary N) is 1. The van der Waals surface area contributed by atoms with Gasteiger partial charge in [0.1, 0.15) is 12.3 Å². The SMILES string of the molecule is CC(NC(=O)c1ccoc1)C(=O)N1CC2CCC(N)C2C1.Cl. The fourth-order valence-electron chi connectivity index (χ4n) is 3.50. The van der Waals surface area contributed by atoms with Crippen LogP contribution in [0, 0.1) is 11.8 Å². The summed E-state index contributed by atoms with van der Waals surface area (Å²) >= 11 is 0. The van der Waals surface area contributed by atoms with Crippen molar-refractivity contribution >= 4 is 24.2 Å². The van der Waals surface area contributed by atoms with Gasteiger partial charge in [-0.15, -0.1) is 12.4 Å². The predicted octanol–water partition coefficient (Wildman–Crippen LogP) is 1.02. The van der Waals surface area contributed by atoms with Gasteiger partial charge in [-0.25, -0.2) is 0 Å². The van der Waals surface area contributed by atoms with E-state index in [-0.39, 0.29) is 30.3 Å². The number of likely N-dealkylation sites (tertiary alicyclic amines) is 1. The third kappa shape index (κ3) is 3.13. The Kier molecular flexibility index (Phi) is 5.13. The van der Waals surface area contributed by atoms with E-state index in [1.807, 2.05) is 4.90 Å². The zero-order valence-corrected chi connectivity index (χ0v) is 13.3. The fourth-order valence-corrected chi connectivity index (χ4v) is 3.50. The zero-order chi connectivity index (χ0) is 15.0. The molecular weight excluding hydrogens is 306 g/mol. The van der Waals surface area contributed by atoms with E-state index in [1.165, 1.54) is 12.5 Å². The Morgan fingerprint density at radius 3 is 2.82 bits per heavy atom. The van der Waals surface area contributed by atoms with Crippen molar-refractivity contribution in [3.63, 3.8) is 0 Å². The van der Waals surface area contributed by atoms with Gasteiger partial charge in [-0.1, -0.05) is 0 Å². The van der Waals surface area contributed by atoms with Crippen LogP contribution in [0.2, 0.25) is 0 Å². The molecule has 1 aliphatic heterocycles. The Morgan fingerprint density at radius 2 is 2.18 bits per heavy atom. The molecule has 2 amide bonds. The molecule has 4 unspecified atom stereocenters. The zero-order valence-electron chi connectivity index (χ0n) is 12.5. The number of halogens is 1. The minimum atomic E-state index is -0.539. The molecule has 0 bridgehead atoms. The van der Waals surface area contributed by atoms with E-state index in [0.717, 1.165) is 25.9 Å². The molecule has 3 rings (SSSR count). The molecule has 7 heteroatoms. The van der Waals surface area contributed by atoms with Crippen LogP contribution in [0.5, 0.6) is 0 Å². The van der Waals surface area contributed by atoms with Gasteiger partial charge >= 0.3 is 0 Å². The van der Waals surface area contributed by atoms with Crippen molar-refractivity contribution in [3.05, 3.63) is 24.2 Å². The van der Waals surface area contributed by atoms with Crippen molar-refractivity contribution in [2.45, 2.75) is 31.8 Å². The van der Waals surface area contributed by atoms with E-state index in [9.17, 15) is 9.59 Å². The molecule has 0 spiro atoms. The summed E-state index contributed by atoms with van der Waals surface area (Å²) in [4.78, 5) is 26.2. The lowest BCUT2D eigenvalue weighted by Crippen LogP contribution is -2.46. The highest BCUT2D eigenvalue weighted by molar-refractivity contribution is 5.97. The number of hydrogen-bond acceptors (Lipinski definition) is 4. The smallest absolute Gasteiger partial charge is 0.255 e. The van der Waals surface area contributed by atoms with Crippen LogP contribution < -0.4 is 11.1 Å². The van der Waals surface area contributed by atoms with Crippen LogP contribution in [-0.2, 0) is 4.79 Å². The summed E-state index contributed by atoms with van der Waals surface area (Å²) in [5.41, 5.74) is 6.51. The standard InChI is InChI=1S/C15H21N3O3.ClH/c1-9(17-14(19)11-4-5-21-8-11)15(20)18-6-10-2-3-13(16)12(10)7-18;/h4-5,8-10,12-13H,2-3,6-7,16H2,1H3,(H,17,19);1H. The summed E-state index contributed by atoms with van der Waals surface area (Å²) in [6, 6.07) is 1.25. The number of rotatable bonds is 3. The molecule has 1 aliphatic carbocycles. The Bertz CT molecular complexity index is 534. The molecule has 2 fully saturated rings. The molecule has 2 heterocycles. The van der Waals surface area contributed by atoms with Crippen LogP contribution in [0.25, 0.3) is 0 Å². The van der Waals surface area contributed by atoms with Gasteiger partial charge in [-0.3, -0.25) is 9.59 Å². The number of nitrogens with one attached hydrogen (secondary N) is 1. The second kappa shape index (κ2) is 6.71. The highest BCUT2D eigenvalue weighted by atomic mass is 35.5. The molecule has 6 nitrogen and oxygen atoms in total. The number of hydrogen-bond donors (Lipinski definition) is 2. The van der Waals surface area contributed by atoms with E-state index in [0.29, 0.717) is 17.4 Å². The molecule has 22 heavy (non-hydrogen) atoms. The van der Waals surface area contributed by atoms with Gasteiger partial charge in [0.25, 0.3) is 5.91 Å². The van der Waals surface area contributed by atoms with Crippen molar-refractivity contribution in [2.24, 2.45) is 17.6 Å². The van der Waals surface area contributed by atoms with Gasteiger partial charge < -0.3 is 20.4 Å². The summed E-state index contributed by atoms with van der Waals surface area (Å²) in [5, 5.41) is 2.71. The van der Waals surface area contributed by atoms with Gasteiger partial charge in [-0.05, 0) is 37.7 Å². The van der Waals surface area contributed by atoms with Gasteiger partial charge in [-0.2, -0.15) is 0 Å². The molecule has 1 aromatic rings. The van der Waals surface area contributed by atoms with Crippen LogP contribution in [0.1, 0.15) is 30.1 Å². The van der Waals surface area contributed by atoms with E-state index in [4.69, 9.17) is 10.2 Å². The Labute approximate surface area is 135 Å². The van der Waals surface area contributed by atoms with Gasteiger partial charge in [0, 0.05) is 19.1 Å². The van der Waals surface area contributed by atoms with E-state index < -0.39 is 6.04 Å². The first-order valence-electron chi connectivity index (χ1n) is 7.43. The molecule has 0 radical (unpaired) electrons. The molecule has 1 saturated carbocycles. The molecule has 4 atom stereocenters. The molecule has 1 aromatic heterocycles. The van der Waals surface area contributed by atoms with Crippen LogP contribution in [0.15, 0.2) is 23.0 Å². The van der Waals surface area contributed by atoms with E-state index >= 15 is 0 Å². The third-order valence-corrected chi connectivity index (χ3v) is 4.73. The van der Waals surface area contributed by atoms with Crippen molar-refractivity contribution in [3.8, 4) is 0 Å². The van der Waals surface area contributed by atoms with Crippen molar-refractivity contribution < 1.29 is 14.0 Å². The average Bonchev–Trinajstić information content (AvgIpc) is 3.16.